The molecule has 4 aromatic carbocycles. The Morgan fingerprint density at radius 3 is 0.788 bits per heavy atom. The lowest BCUT2D eigenvalue weighted by Gasteiger charge is -2.30. The highest BCUT2D eigenvalue weighted by Gasteiger charge is 2.59. The van der Waals surface area contributed by atoms with Gasteiger partial charge in [0.2, 0.25) is 0 Å². The largest absolute Gasteiger partial charge is 0.966 e. The fraction of sp³-hybridized carbons (Fsp3) is 0.143. The Kier molecular flexibility index (Phi) is 6.70. The van der Waals surface area contributed by atoms with Gasteiger partial charge in [0.05, 0.1) is 0 Å². The Bertz CT molecular complexity index is 1040. The van der Waals surface area contributed by atoms with Crippen molar-refractivity contribution in [3.8, 4) is 23.0 Å². The molecule has 0 fully saturated rings. The van der Waals surface area contributed by atoms with E-state index >= 15 is 0 Å². The molecule has 0 bridgehead atoms. The maximum Gasteiger partial charge on any atom is 0.966 e. The van der Waals surface area contributed by atoms with Gasteiger partial charge in [0.25, 0.3) is 0 Å². The quantitative estimate of drug-likeness (QED) is 0.268. The molecule has 0 N–H and O–H groups in total. The van der Waals surface area contributed by atoms with Crippen LogP contribution in [0.1, 0.15) is 22.3 Å². The van der Waals surface area contributed by atoms with Crippen LogP contribution in [0.4, 0.5) is 0 Å². The Labute approximate surface area is 196 Å². The monoisotopic (exact) mass is 456 g/mol. The predicted octanol–water partition coefficient (Wildman–Crippen LogP) is 6.97. The van der Waals surface area contributed by atoms with Gasteiger partial charge in [-0.1, -0.05) is 72.8 Å². The lowest BCUT2D eigenvalue weighted by molar-refractivity contribution is 0.159. The number of aryl methyl sites for hydroxylation is 4. The van der Waals surface area contributed by atoms with Gasteiger partial charge >= 0.3 is 9.05 Å². The van der Waals surface area contributed by atoms with Crippen LogP contribution >= 0.6 is 0 Å². The van der Waals surface area contributed by atoms with Crippen molar-refractivity contribution in [3.05, 3.63) is 119 Å². The summed E-state index contributed by atoms with van der Waals surface area (Å²) in [6.07, 6.45) is 0. The van der Waals surface area contributed by atoms with E-state index in [2.05, 4.69) is 0 Å². The smallest absolute Gasteiger partial charge is 0.452 e. The molecule has 4 rings (SSSR count). The number of para-hydroxylation sites is 4. The van der Waals surface area contributed by atoms with Crippen molar-refractivity contribution in [2.75, 3.05) is 0 Å². The highest BCUT2D eigenvalue weighted by Crippen LogP contribution is 2.31. The summed E-state index contributed by atoms with van der Waals surface area (Å²) in [4.78, 5) is 0. The van der Waals surface area contributed by atoms with E-state index in [9.17, 15) is 0 Å². The van der Waals surface area contributed by atoms with Crippen LogP contribution in [0.25, 0.3) is 0 Å². The molecule has 0 heterocycles. The van der Waals surface area contributed by atoms with E-state index in [1.807, 2.05) is 125 Å². The molecule has 0 unspecified atom stereocenters. The summed E-state index contributed by atoms with van der Waals surface area (Å²) in [7, 11) is -3.88. The molecule has 0 amide bonds. The molecule has 5 heteroatoms. The Morgan fingerprint density at radius 1 is 0.364 bits per heavy atom. The minimum atomic E-state index is -3.88. The molecule has 0 spiro atoms. The highest BCUT2D eigenvalue weighted by molar-refractivity contribution is 6.57. The van der Waals surface area contributed by atoms with Gasteiger partial charge in [0.1, 0.15) is 23.0 Å². The molecule has 4 aromatic rings. The molecule has 0 aliphatic rings. The van der Waals surface area contributed by atoms with Gasteiger partial charge in [0, 0.05) is 0 Å². The fourth-order valence-corrected chi connectivity index (χ4v) is 5.59. The van der Waals surface area contributed by atoms with Crippen molar-refractivity contribution < 1.29 is 17.7 Å². The van der Waals surface area contributed by atoms with Crippen molar-refractivity contribution in [1.29, 1.82) is 0 Å². The Morgan fingerprint density at radius 2 is 0.576 bits per heavy atom. The lowest BCUT2D eigenvalue weighted by atomic mass is 10.2. The summed E-state index contributed by atoms with van der Waals surface area (Å²) in [5.74, 6) is 2.61. The third kappa shape index (κ3) is 5.38. The first kappa shape index (κ1) is 22.5. The molecule has 0 aliphatic heterocycles. The van der Waals surface area contributed by atoms with Crippen LogP contribution in [-0.4, -0.2) is 9.05 Å². The van der Waals surface area contributed by atoms with Gasteiger partial charge in [-0.05, 0) is 74.2 Å². The van der Waals surface area contributed by atoms with Gasteiger partial charge in [-0.25, -0.2) is 0 Å². The van der Waals surface area contributed by atoms with Crippen LogP contribution in [0.3, 0.4) is 0 Å². The summed E-state index contributed by atoms with van der Waals surface area (Å²) in [5.41, 5.74) is 3.85. The normalized spacial score (nSPS) is 11.0. The van der Waals surface area contributed by atoms with Crippen LogP contribution < -0.4 is 17.7 Å². The van der Waals surface area contributed by atoms with Crippen molar-refractivity contribution in [2.45, 2.75) is 27.7 Å². The summed E-state index contributed by atoms with van der Waals surface area (Å²) < 4.78 is 26.3. The summed E-state index contributed by atoms with van der Waals surface area (Å²) in [6.45, 7) is 7.96. The molecular formula is C28H28O4Si. The number of benzene rings is 4. The summed E-state index contributed by atoms with van der Waals surface area (Å²) in [5, 5.41) is 0. The van der Waals surface area contributed by atoms with Crippen LogP contribution in [-0.2, 0) is 0 Å². The third-order valence-corrected chi connectivity index (χ3v) is 7.19. The van der Waals surface area contributed by atoms with Crippen molar-refractivity contribution in [2.24, 2.45) is 0 Å². The van der Waals surface area contributed by atoms with Gasteiger partial charge in [0.15, 0.2) is 0 Å². The van der Waals surface area contributed by atoms with Crippen molar-refractivity contribution >= 4 is 9.05 Å². The molecule has 4 nitrogen and oxygen atoms in total. The molecule has 33 heavy (non-hydrogen) atoms. The second-order valence-corrected chi connectivity index (χ2v) is 9.79. The number of rotatable bonds is 8. The van der Waals surface area contributed by atoms with Gasteiger partial charge in [-0.3, -0.25) is 0 Å². The molecule has 0 atom stereocenters. The van der Waals surface area contributed by atoms with Gasteiger partial charge < -0.3 is 17.7 Å². The van der Waals surface area contributed by atoms with E-state index in [1.54, 1.807) is 0 Å². The van der Waals surface area contributed by atoms with Crippen LogP contribution in [0.15, 0.2) is 97.1 Å². The Balaban J connectivity index is 1.86. The minimum Gasteiger partial charge on any atom is -0.452 e. The predicted molar refractivity (Wildman–Crippen MR) is 133 cm³/mol. The van der Waals surface area contributed by atoms with E-state index in [0.29, 0.717) is 23.0 Å². The van der Waals surface area contributed by atoms with Crippen LogP contribution in [0, 0.1) is 27.7 Å². The van der Waals surface area contributed by atoms with E-state index < -0.39 is 9.05 Å². The third-order valence-electron chi connectivity index (χ3n) is 5.31. The molecule has 0 saturated carbocycles. The first-order valence-corrected chi connectivity index (χ1v) is 12.6. The summed E-state index contributed by atoms with van der Waals surface area (Å²) in [6, 6.07) is 31.2. The molecule has 0 saturated heterocycles. The second kappa shape index (κ2) is 9.84. The van der Waals surface area contributed by atoms with E-state index in [1.165, 1.54) is 0 Å². The van der Waals surface area contributed by atoms with E-state index in [-0.39, 0.29) is 0 Å². The first-order chi connectivity index (χ1) is 16.0. The lowest BCUT2D eigenvalue weighted by Crippen LogP contribution is -2.61. The zero-order chi connectivity index (χ0) is 23.3. The minimum absolute atomic E-state index is 0.653. The molecular weight excluding hydrogens is 428 g/mol. The fourth-order valence-electron chi connectivity index (χ4n) is 3.35. The SMILES string of the molecule is Cc1ccccc1O[Si](Oc1ccccc1C)(Oc1ccccc1C)Oc1ccccc1C. The van der Waals surface area contributed by atoms with Gasteiger partial charge in [-0.2, -0.15) is 0 Å². The van der Waals surface area contributed by atoms with Crippen LogP contribution in [0.5, 0.6) is 23.0 Å². The summed E-state index contributed by atoms with van der Waals surface area (Å²) >= 11 is 0. The molecule has 168 valence electrons. The number of hydrogen-bond acceptors (Lipinski definition) is 4. The second-order valence-electron chi connectivity index (χ2n) is 7.97. The molecule has 0 radical (unpaired) electrons. The van der Waals surface area contributed by atoms with Crippen molar-refractivity contribution in [3.63, 3.8) is 0 Å². The molecule has 0 aromatic heterocycles. The van der Waals surface area contributed by atoms with Gasteiger partial charge in [-0.15, -0.1) is 0 Å². The highest BCUT2D eigenvalue weighted by atomic mass is 28.4. The first-order valence-electron chi connectivity index (χ1n) is 10.9. The maximum atomic E-state index is 6.58. The average molecular weight is 457 g/mol. The Hall–Kier alpha value is -3.70. The topological polar surface area (TPSA) is 36.9 Å². The van der Waals surface area contributed by atoms with E-state index in [4.69, 9.17) is 17.7 Å². The van der Waals surface area contributed by atoms with E-state index in [0.717, 1.165) is 22.3 Å². The standard InChI is InChI=1S/C28H28O4Si/c1-21-13-5-9-17-25(21)29-33(30-26-18-10-6-14-22(26)2,31-27-19-11-7-15-23(27)3)32-28-20-12-8-16-24(28)4/h5-20H,1-4H3. The average Bonchev–Trinajstić information content (AvgIpc) is 2.80. The van der Waals surface area contributed by atoms with Crippen LogP contribution in [0.2, 0.25) is 0 Å². The zero-order valence-electron chi connectivity index (χ0n) is 19.4. The van der Waals surface area contributed by atoms with Crippen molar-refractivity contribution in [1.82, 2.24) is 0 Å². The maximum absolute atomic E-state index is 6.58. The molecule has 0 aliphatic carbocycles. The number of hydrogen-bond donors (Lipinski definition) is 0. The zero-order valence-corrected chi connectivity index (χ0v) is 20.4.